The lowest BCUT2D eigenvalue weighted by atomic mass is 10.1. The molecule has 2 aliphatic heterocycles. The van der Waals surface area contributed by atoms with Gasteiger partial charge in [0.05, 0.1) is 17.9 Å². The summed E-state index contributed by atoms with van der Waals surface area (Å²) in [4.78, 5) is 50.6. The summed E-state index contributed by atoms with van der Waals surface area (Å²) in [5.74, 6) is -2.64. The molecular weight excluding hydrogens is 421 g/mol. The molecule has 0 spiro atoms. The number of imide groups is 1. The fourth-order valence-corrected chi connectivity index (χ4v) is 3.45. The number of fused-ring (bicyclic) bond motifs is 1. The lowest BCUT2D eigenvalue weighted by Gasteiger charge is -2.20. The van der Waals surface area contributed by atoms with Crippen molar-refractivity contribution in [3.05, 3.63) is 59.9 Å². The maximum Gasteiger partial charge on any atom is 0.338 e. The van der Waals surface area contributed by atoms with E-state index in [9.17, 15) is 23.6 Å². The number of amides is 3. The first-order chi connectivity index (χ1) is 15.4. The van der Waals surface area contributed by atoms with Gasteiger partial charge < -0.3 is 10.1 Å². The molecule has 0 unspecified atom stereocenters. The van der Waals surface area contributed by atoms with Crippen LogP contribution in [0.15, 0.2) is 58.9 Å². The molecule has 11 heteroatoms. The third-order valence-electron chi connectivity index (χ3n) is 4.93. The van der Waals surface area contributed by atoms with Gasteiger partial charge in [-0.25, -0.2) is 14.1 Å². The molecule has 0 bridgehead atoms. The van der Waals surface area contributed by atoms with Gasteiger partial charge >= 0.3 is 5.97 Å². The van der Waals surface area contributed by atoms with Crippen molar-refractivity contribution in [2.45, 2.75) is 19.0 Å². The third kappa shape index (κ3) is 3.92. The molecule has 2 aliphatic rings. The van der Waals surface area contributed by atoms with E-state index in [2.05, 4.69) is 15.7 Å². The zero-order chi connectivity index (χ0) is 22.8. The number of hydrogen-bond donors (Lipinski definition) is 1. The molecule has 32 heavy (non-hydrogen) atoms. The minimum atomic E-state index is -1.07. The predicted octanol–water partition coefficient (Wildman–Crippen LogP) is 1.93. The Labute approximate surface area is 181 Å². The number of esters is 1. The number of benzene rings is 2. The molecule has 10 nitrogen and oxygen atoms in total. The van der Waals surface area contributed by atoms with Crippen LogP contribution in [0, 0.1) is 5.82 Å². The van der Waals surface area contributed by atoms with Gasteiger partial charge in [0.1, 0.15) is 12.4 Å². The van der Waals surface area contributed by atoms with E-state index in [1.54, 1.807) is 19.1 Å². The second-order valence-electron chi connectivity index (χ2n) is 7.03. The van der Waals surface area contributed by atoms with E-state index in [4.69, 9.17) is 4.74 Å². The highest BCUT2D eigenvalue weighted by Crippen LogP contribution is 2.31. The molecule has 4 rings (SSSR count). The average molecular weight is 439 g/mol. The molecule has 1 saturated heterocycles. The Morgan fingerprint density at radius 1 is 1.06 bits per heavy atom. The molecule has 0 radical (unpaired) electrons. The molecule has 0 aliphatic carbocycles. The summed E-state index contributed by atoms with van der Waals surface area (Å²) < 4.78 is 18.1. The normalized spacial score (nSPS) is 19.3. The maximum absolute atomic E-state index is 13.2. The van der Waals surface area contributed by atoms with E-state index < -0.39 is 41.6 Å². The van der Waals surface area contributed by atoms with E-state index in [0.717, 1.165) is 22.0 Å². The Balaban J connectivity index is 1.41. The van der Waals surface area contributed by atoms with Gasteiger partial charge in [-0.2, -0.15) is 5.11 Å². The number of carbonyl (C=O) groups excluding carboxylic acids is 4. The summed E-state index contributed by atoms with van der Waals surface area (Å²) in [6.07, 6.45) is 0. The van der Waals surface area contributed by atoms with Crippen molar-refractivity contribution in [1.29, 1.82) is 0 Å². The van der Waals surface area contributed by atoms with E-state index in [1.807, 2.05) is 0 Å². The smallest absolute Gasteiger partial charge is 0.338 e. The molecular formula is C21H18FN5O5. The SMILES string of the molecule is CCOC(=O)c1ccc(NC(=O)CN2N=N[C@@H]3C(=O)N(c4ccc(F)cc4)C(=O)[C@H]32)cc1. The number of anilines is 2. The van der Waals surface area contributed by atoms with Crippen molar-refractivity contribution < 1.29 is 28.3 Å². The quantitative estimate of drug-likeness (QED) is 0.542. The van der Waals surface area contributed by atoms with Crippen molar-refractivity contribution in [2.24, 2.45) is 10.3 Å². The summed E-state index contributed by atoms with van der Waals surface area (Å²) >= 11 is 0. The van der Waals surface area contributed by atoms with Crippen LogP contribution in [0.1, 0.15) is 17.3 Å². The van der Waals surface area contributed by atoms with E-state index in [-0.39, 0.29) is 18.8 Å². The highest BCUT2D eigenvalue weighted by molar-refractivity contribution is 6.25. The standard InChI is InChI=1S/C21H18FN5O5/c1-2-32-21(31)12-3-7-14(8-4-12)23-16(28)11-26-18-17(24-25-26)19(29)27(20(18)30)15-9-5-13(22)6-10-15/h3-10,17-18H,2,11H2,1H3,(H,23,28)/t17-,18-/m0/s1. The monoisotopic (exact) mass is 439 g/mol. The first-order valence-corrected chi connectivity index (χ1v) is 9.77. The average Bonchev–Trinajstić information content (AvgIpc) is 3.29. The van der Waals surface area contributed by atoms with Crippen molar-refractivity contribution >= 4 is 35.1 Å². The van der Waals surface area contributed by atoms with Gasteiger partial charge in [-0.05, 0) is 55.5 Å². The van der Waals surface area contributed by atoms with Gasteiger partial charge in [0.2, 0.25) is 5.91 Å². The maximum atomic E-state index is 13.2. The van der Waals surface area contributed by atoms with Crippen molar-refractivity contribution in [2.75, 3.05) is 23.4 Å². The largest absolute Gasteiger partial charge is 0.462 e. The van der Waals surface area contributed by atoms with Crippen LogP contribution in [0.5, 0.6) is 0 Å². The molecule has 1 N–H and O–H groups in total. The minimum absolute atomic E-state index is 0.220. The fourth-order valence-electron chi connectivity index (χ4n) is 3.45. The summed E-state index contributed by atoms with van der Waals surface area (Å²) in [6, 6.07) is 8.92. The van der Waals surface area contributed by atoms with Crippen LogP contribution in [0.4, 0.5) is 15.8 Å². The lowest BCUT2D eigenvalue weighted by molar-refractivity contribution is -0.123. The van der Waals surface area contributed by atoms with E-state index in [0.29, 0.717) is 11.3 Å². The van der Waals surface area contributed by atoms with Crippen molar-refractivity contribution in [1.82, 2.24) is 5.01 Å². The number of nitrogens with zero attached hydrogens (tertiary/aromatic N) is 4. The van der Waals surface area contributed by atoms with Crippen LogP contribution in [-0.2, 0) is 19.1 Å². The zero-order valence-corrected chi connectivity index (χ0v) is 16.9. The van der Waals surface area contributed by atoms with Crippen molar-refractivity contribution in [3.8, 4) is 0 Å². The van der Waals surface area contributed by atoms with Crippen LogP contribution < -0.4 is 10.2 Å². The third-order valence-corrected chi connectivity index (χ3v) is 4.93. The second kappa shape index (κ2) is 8.53. The first kappa shape index (κ1) is 21.1. The molecule has 2 aromatic rings. The summed E-state index contributed by atoms with van der Waals surface area (Å²) in [7, 11) is 0. The number of halogens is 1. The summed E-state index contributed by atoms with van der Waals surface area (Å²) in [6.45, 7) is 1.64. The molecule has 164 valence electrons. The fraction of sp³-hybridized carbons (Fsp3) is 0.238. The van der Waals surface area contributed by atoms with Crippen LogP contribution in [0.3, 0.4) is 0 Å². The number of rotatable bonds is 6. The Bertz CT molecular complexity index is 1100. The lowest BCUT2D eigenvalue weighted by Crippen LogP contribution is -2.43. The first-order valence-electron chi connectivity index (χ1n) is 9.77. The Morgan fingerprint density at radius 2 is 1.75 bits per heavy atom. The molecule has 1 fully saturated rings. The molecule has 0 aromatic heterocycles. The highest BCUT2D eigenvalue weighted by atomic mass is 19.1. The number of hydrogen-bond acceptors (Lipinski definition) is 8. The zero-order valence-electron chi connectivity index (χ0n) is 16.9. The number of ether oxygens (including phenoxy) is 1. The summed E-state index contributed by atoms with van der Waals surface area (Å²) in [5.41, 5.74) is 0.992. The Hall–Kier alpha value is -4.15. The molecule has 0 saturated carbocycles. The Morgan fingerprint density at radius 3 is 2.41 bits per heavy atom. The Kier molecular flexibility index (Phi) is 5.63. The van der Waals surface area contributed by atoms with Gasteiger partial charge in [0.15, 0.2) is 12.1 Å². The van der Waals surface area contributed by atoms with Gasteiger partial charge in [-0.1, -0.05) is 5.22 Å². The van der Waals surface area contributed by atoms with Crippen LogP contribution >= 0.6 is 0 Å². The minimum Gasteiger partial charge on any atom is -0.462 e. The summed E-state index contributed by atoms with van der Waals surface area (Å²) in [5, 5.41) is 11.4. The molecule has 2 atom stereocenters. The highest BCUT2D eigenvalue weighted by Gasteiger charge is 2.55. The number of carbonyl (C=O) groups is 4. The molecule has 2 aromatic carbocycles. The van der Waals surface area contributed by atoms with E-state index in [1.165, 1.54) is 24.3 Å². The van der Waals surface area contributed by atoms with Gasteiger partial charge in [-0.15, -0.1) is 0 Å². The van der Waals surface area contributed by atoms with Crippen LogP contribution in [0.25, 0.3) is 0 Å². The van der Waals surface area contributed by atoms with E-state index >= 15 is 0 Å². The number of nitrogens with one attached hydrogen (secondary N) is 1. The predicted molar refractivity (Wildman–Crippen MR) is 109 cm³/mol. The van der Waals surface area contributed by atoms with Gasteiger partial charge in [0, 0.05) is 5.69 Å². The van der Waals surface area contributed by atoms with Crippen LogP contribution in [0.2, 0.25) is 0 Å². The van der Waals surface area contributed by atoms with Gasteiger partial charge in [-0.3, -0.25) is 19.4 Å². The van der Waals surface area contributed by atoms with Crippen LogP contribution in [-0.4, -0.2) is 53.9 Å². The molecule has 2 heterocycles. The van der Waals surface area contributed by atoms with Gasteiger partial charge in [0.25, 0.3) is 11.8 Å². The molecule has 3 amide bonds. The van der Waals surface area contributed by atoms with Crippen molar-refractivity contribution in [3.63, 3.8) is 0 Å². The topological polar surface area (TPSA) is 121 Å². The second-order valence-corrected chi connectivity index (χ2v) is 7.03.